The van der Waals surface area contributed by atoms with Crippen LogP contribution in [0.5, 0.6) is 0 Å². The summed E-state index contributed by atoms with van der Waals surface area (Å²) in [7, 11) is 0. The van der Waals surface area contributed by atoms with Gasteiger partial charge < -0.3 is 16.3 Å². The van der Waals surface area contributed by atoms with E-state index in [0.717, 1.165) is 0 Å². The van der Waals surface area contributed by atoms with Crippen LogP contribution in [0.3, 0.4) is 0 Å². The van der Waals surface area contributed by atoms with Gasteiger partial charge in [-0.25, -0.2) is 5.90 Å². The lowest BCUT2D eigenvalue weighted by atomic mass is 9.81. The molecule has 0 saturated carbocycles. The molecule has 0 aromatic heterocycles. The zero-order chi connectivity index (χ0) is 10.4. The van der Waals surface area contributed by atoms with E-state index in [9.17, 15) is 0 Å². The number of rotatable bonds is 6. The van der Waals surface area contributed by atoms with Crippen LogP contribution in [0.25, 0.3) is 0 Å². The van der Waals surface area contributed by atoms with E-state index < -0.39 is 0 Å². The molecule has 4 heteroatoms. The van der Waals surface area contributed by atoms with Gasteiger partial charge in [-0.3, -0.25) is 0 Å². The van der Waals surface area contributed by atoms with Gasteiger partial charge in [0, 0.05) is 5.92 Å². The molecule has 4 nitrogen and oxygen atoms in total. The van der Waals surface area contributed by atoms with Crippen LogP contribution in [0.15, 0.2) is 0 Å². The summed E-state index contributed by atoms with van der Waals surface area (Å²) < 4.78 is 0. The Kier molecular flexibility index (Phi) is 6.24. The summed E-state index contributed by atoms with van der Waals surface area (Å²) in [5.41, 5.74) is 11.3. The molecule has 0 spiro atoms. The van der Waals surface area contributed by atoms with E-state index in [2.05, 4.69) is 13.8 Å². The molecule has 13 heavy (non-hydrogen) atoms. The maximum atomic E-state index is 5.67. The van der Waals surface area contributed by atoms with Crippen molar-refractivity contribution in [3.8, 4) is 0 Å². The average Bonchev–Trinajstić information content (AvgIpc) is 2.17. The zero-order valence-electron chi connectivity index (χ0n) is 8.86. The molecule has 0 saturated heterocycles. The Labute approximate surface area is 80.7 Å². The highest BCUT2D eigenvalue weighted by molar-refractivity contribution is 4.76. The Balaban J connectivity index is 4.21. The molecule has 4 atom stereocenters. The van der Waals surface area contributed by atoms with Gasteiger partial charge in [-0.1, -0.05) is 13.8 Å². The molecule has 0 fully saturated rings. The molecule has 0 rings (SSSR count). The van der Waals surface area contributed by atoms with Crippen LogP contribution in [0, 0.1) is 17.8 Å². The summed E-state index contributed by atoms with van der Waals surface area (Å²) in [6.07, 6.45) is -0.00556. The Morgan fingerprint density at radius 1 is 1.08 bits per heavy atom. The van der Waals surface area contributed by atoms with Gasteiger partial charge in [0.1, 0.15) is 0 Å². The van der Waals surface area contributed by atoms with E-state index in [4.69, 9.17) is 22.2 Å². The van der Waals surface area contributed by atoms with Crippen LogP contribution in [0.2, 0.25) is 0 Å². The minimum atomic E-state index is -0.00556. The van der Waals surface area contributed by atoms with Crippen molar-refractivity contribution >= 4 is 0 Å². The first-order chi connectivity index (χ1) is 6.08. The molecule has 0 aliphatic heterocycles. The lowest BCUT2D eigenvalue weighted by molar-refractivity contribution is 0.00116. The molecule has 80 valence electrons. The van der Waals surface area contributed by atoms with Crippen LogP contribution in [-0.2, 0) is 4.84 Å². The third-order valence-corrected chi connectivity index (χ3v) is 3.03. The smallest absolute Gasteiger partial charge is 0.0802 e. The SMILES string of the molecule is CC(CN)C(C)C(CN)C(C)ON. The quantitative estimate of drug-likeness (QED) is 0.516. The van der Waals surface area contributed by atoms with Gasteiger partial charge >= 0.3 is 0 Å². The second-order valence-electron chi connectivity index (χ2n) is 3.81. The Morgan fingerprint density at radius 2 is 1.62 bits per heavy atom. The van der Waals surface area contributed by atoms with Gasteiger partial charge in [0.05, 0.1) is 6.10 Å². The van der Waals surface area contributed by atoms with Crippen molar-refractivity contribution in [2.45, 2.75) is 26.9 Å². The maximum absolute atomic E-state index is 5.67. The van der Waals surface area contributed by atoms with E-state index in [0.29, 0.717) is 24.9 Å². The van der Waals surface area contributed by atoms with Gasteiger partial charge in [-0.15, -0.1) is 0 Å². The maximum Gasteiger partial charge on any atom is 0.0802 e. The van der Waals surface area contributed by atoms with Crippen molar-refractivity contribution in [3.05, 3.63) is 0 Å². The standard InChI is InChI=1S/C9H23N3O/c1-6(4-10)7(2)9(5-11)8(3)13-12/h6-9H,4-5,10-12H2,1-3H3. The fraction of sp³-hybridized carbons (Fsp3) is 1.00. The van der Waals surface area contributed by atoms with Crippen molar-refractivity contribution in [2.75, 3.05) is 13.1 Å². The molecular weight excluding hydrogens is 166 g/mol. The molecule has 0 aliphatic carbocycles. The van der Waals surface area contributed by atoms with Gasteiger partial charge in [-0.05, 0) is 31.8 Å². The minimum absolute atomic E-state index is 0.00556. The van der Waals surface area contributed by atoms with Crippen molar-refractivity contribution < 1.29 is 4.84 Å². The van der Waals surface area contributed by atoms with Crippen molar-refractivity contribution in [3.63, 3.8) is 0 Å². The Morgan fingerprint density at radius 3 is 1.92 bits per heavy atom. The largest absolute Gasteiger partial charge is 0.330 e. The molecule has 0 radical (unpaired) electrons. The van der Waals surface area contributed by atoms with Crippen LogP contribution < -0.4 is 17.4 Å². The molecule has 4 unspecified atom stereocenters. The average molecular weight is 189 g/mol. The third-order valence-electron chi connectivity index (χ3n) is 3.03. The molecule has 0 heterocycles. The lowest BCUT2D eigenvalue weighted by Crippen LogP contribution is -2.38. The van der Waals surface area contributed by atoms with E-state index in [1.54, 1.807) is 0 Å². The van der Waals surface area contributed by atoms with E-state index in [1.807, 2.05) is 6.92 Å². The Bertz CT molecular complexity index is 132. The summed E-state index contributed by atoms with van der Waals surface area (Å²) in [5, 5.41) is 0. The molecule has 0 aromatic carbocycles. The molecule has 0 aromatic rings. The van der Waals surface area contributed by atoms with E-state index in [-0.39, 0.29) is 12.0 Å². The first-order valence-corrected chi connectivity index (χ1v) is 4.84. The fourth-order valence-corrected chi connectivity index (χ4v) is 1.57. The van der Waals surface area contributed by atoms with Crippen LogP contribution in [0.4, 0.5) is 0 Å². The highest BCUT2D eigenvalue weighted by atomic mass is 16.6. The predicted molar refractivity (Wildman–Crippen MR) is 54.7 cm³/mol. The summed E-state index contributed by atoms with van der Waals surface area (Å²) in [5.74, 6) is 6.31. The van der Waals surface area contributed by atoms with Gasteiger partial charge in [-0.2, -0.15) is 0 Å². The first kappa shape index (κ1) is 12.8. The zero-order valence-corrected chi connectivity index (χ0v) is 8.86. The summed E-state index contributed by atoms with van der Waals surface area (Å²) >= 11 is 0. The lowest BCUT2D eigenvalue weighted by Gasteiger charge is -2.30. The summed E-state index contributed by atoms with van der Waals surface area (Å²) in [6, 6.07) is 0. The van der Waals surface area contributed by atoms with Gasteiger partial charge in [0.2, 0.25) is 0 Å². The van der Waals surface area contributed by atoms with Gasteiger partial charge in [0.15, 0.2) is 0 Å². The normalized spacial score (nSPS) is 20.8. The molecular formula is C9H23N3O. The molecule has 0 amide bonds. The van der Waals surface area contributed by atoms with Crippen LogP contribution in [0.1, 0.15) is 20.8 Å². The second kappa shape index (κ2) is 6.32. The van der Waals surface area contributed by atoms with Crippen molar-refractivity contribution in [1.29, 1.82) is 0 Å². The third kappa shape index (κ3) is 3.60. The monoisotopic (exact) mass is 189 g/mol. The van der Waals surface area contributed by atoms with E-state index >= 15 is 0 Å². The second-order valence-corrected chi connectivity index (χ2v) is 3.81. The highest BCUT2D eigenvalue weighted by Crippen LogP contribution is 2.23. The minimum Gasteiger partial charge on any atom is -0.330 e. The predicted octanol–water partition coefficient (Wildman–Crippen LogP) is 0.0710. The summed E-state index contributed by atoms with van der Waals surface area (Å²) in [4.78, 5) is 4.80. The van der Waals surface area contributed by atoms with Crippen molar-refractivity contribution in [1.82, 2.24) is 0 Å². The summed E-state index contributed by atoms with van der Waals surface area (Å²) in [6.45, 7) is 7.47. The fourth-order valence-electron chi connectivity index (χ4n) is 1.57. The number of hydrogen-bond acceptors (Lipinski definition) is 4. The first-order valence-electron chi connectivity index (χ1n) is 4.84. The van der Waals surface area contributed by atoms with E-state index in [1.165, 1.54) is 0 Å². The van der Waals surface area contributed by atoms with Gasteiger partial charge in [0.25, 0.3) is 0 Å². The van der Waals surface area contributed by atoms with Crippen molar-refractivity contribution in [2.24, 2.45) is 35.1 Å². The number of hydrogen-bond donors (Lipinski definition) is 3. The van der Waals surface area contributed by atoms with Crippen LogP contribution in [-0.4, -0.2) is 19.2 Å². The van der Waals surface area contributed by atoms with Crippen LogP contribution >= 0.6 is 0 Å². The molecule has 0 aliphatic rings. The molecule has 0 bridgehead atoms. The molecule has 6 N–H and O–H groups in total. The number of nitrogens with two attached hydrogens (primary N) is 3. The topological polar surface area (TPSA) is 87.3 Å². The Hall–Kier alpha value is -0.160. The highest BCUT2D eigenvalue weighted by Gasteiger charge is 2.26.